The van der Waals surface area contributed by atoms with E-state index in [4.69, 9.17) is 0 Å². The SMILES string of the molecule is CN1C(=O)C(C)(C)c2cc(C3=NNC(=O)C4CCCC34)ccc21. The number of carbonyl (C=O) groups is 2. The van der Waals surface area contributed by atoms with E-state index in [0.29, 0.717) is 0 Å². The van der Waals surface area contributed by atoms with Crippen LogP contribution in [-0.2, 0) is 15.0 Å². The molecule has 120 valence electrons. The van der Waals surface area contributed by atoms with Crippen molar-refractivity contribution < 1.29 is 9.59 Å². The molecule has 1 fully saturated rings. The second-order valence-corrected chi connectivity index (χ2v) is 7.34. The summed E-state index contributed by atoms with van der Waals surface area (Å²) in [7, 11) is 1.82. The minimum atomic E-state index is -0.520. The Hall–Kier alpha value is -2.17. The van der Waals surface area contributed by atoms with Crippen LogP contribution in [0.3, 0.4) is 0 Å². The van der Waals surface area contributed by atoms with Gasteiger partial charge in [0.05, 0.1) is 11.1 Å². The summed E-state index contributed by atoms with van der Waals surface area (Å²) >= 11 is 0. The molecule has 1 N–H and O–H groups in total. The summed E-state index contributed by atoms with van der Waals surface area (Å²) in [4.78, 5) is 26.1. The summed E-state index contributed by atoms with van der Waals surface area (Å²) in [5, 5.41) is 4.35. The number of hydrazone groups is 1. The maximum atomic E-state index is 12.4. The predicted octanol–water partition coefficient (Wildman–Crippen LogP) is 2.19. The van der Waals surface area contributed by atoms with Crippen LogP contribution in [0.5, 0.6) is 0 Å². The van der Waals surface area contributed by atoms with Gasteiger partial charge in [-0.25, -0.2) is 5.43 Å². The summed E-state index contributed by atoms with van der Waals surface area (Å²) in [5.74, 6) is 0.419. The van der Waals surface area contributed by atoms with E-state index in [2.05, 4.69) is 16.6 Å². The number of carbonyl (C=O) groups excluding carboxylic acids is 2. The van der Waals surface area contributed by atoms with Crippen LogP contribution in [0.15, 0.2) is 23.3 Å². The molecule has 4 rings (SSSR count). The monoisotopic (exact) mass is 311 g/mol. The van der Waals surface area contributed by atoms with Gasteiger partial charge < -0.3 is 4.90 Å². The summed E-state index contributed by atoms with van der Waals surface area (Å²) < 4.78 is 0. The second-order valence-electron chi connectivity index (χ2n) is 7.34. The third kappa shape index (κ3) is 1.89. The second kappa shape index (κ2) is 4.66. The topological polar surface area (TPSA) is 61.8 Å². The lowest BCUT2D eigenvalue weighted by Gasteiger charge is -2.26. The Kier molecular flexibility index (Phi) is 2.92. The zero-order valence-electron chi connectivity index (χ0n) is 13.7. The molecule has 2 aliphatic heterocycles. The van der Waals surface area contributed by atoms with E-state index in [9.17, 15) is 9.59 Å². The van der Waals surface area contributed by atoms with Crippen molar-refractivity contribution in [2.24, 2.45) is 16.9 Å². The first kappa shape index (κ1) is 14.4. The maximum Gasteiger partial charge on any atom is 0.243 e. The highest BCUT2D eigenvalue weighted by molar-refractivity contribution is 6.10. The van der Waals surface area contributed by atoms with E-state index in [0.717, 1.165) is 41.8 Å². The van der Waals surface area contributed by atoms with Gasteiger partial charge in [-0.2, -0.15) is 5.10 Å². The number of rotatable bonds is 1. The quantitative estimate of drug-likeness (QED) is 0.864. The van der Waals surface area contributed by atoms with Crippen molar-refractivity contribution in [3.05, 3.63) is 29.3 Å². The molecule has 1 aromatic rings. The molecule has 0 radical (unpaired) electrons. The zero-order chi connectivity index (χ0) is 16.4. The molecule has 5 nitrogen and oxygen atoms in total. The molecule has 1 saturated carbocycles. The Labute approximate surface area is 135 Å². The van der Waals surface area contributed by atoms with Crippen molar-refractivity contribution in [3.63, 3.8) is 0 Å². The van der Waals surface area contributed by atoms with E-state index in [-0.39, 0.29) is 23.7 Å². The molecular weight excluding hydrogens is 290 g/mol. The lowest BCUT2D eigenvalue weighted by molar-refractivity contribution is -0.126. The van der Waals surface area contributed by atoms with Crippen molar-refractivity contribution in [2.45, 2.75) is 38.5 Å². The Morgan fingerprint density at radius 3 is 2.74 bits per heavy atom. The predicted molar refractivity (Wildman–Crippen MR) is 88.4 cm³/mol. The number of likely N-dealkylation sites (N-methyl/N-ethyl adjacent to an activating group) is 1. The van der Waals surface area contributed by atoms with Gasteiger partial charge in [0.1, 0.15) is 0 Å². The first-order valence-corrected chi connectivity index (χ1v) is 8.22. The third-order valence-electron chi connectivity index (χ3n) is 5.66. The van der Waals surface area contributed by atoms with Gasteiger partial charge in [0.25, 0.3) is 0 Å². The van der Waals surface area contributed by atoms with Crippen LogP contribution >= 0.6 is 0 Å². The molecule has 1 aliphatic carbocycles. The van der Waals surface area contributed by atoms with Crippen LogP contribution in [0.2, 0.25) is 0 Å². The normalized spacial score (nSPS) is 28.3. The van der Waals surface area contributed by atoms with E-state index in [1.54, 1.807) is 4.90 Å². The Morgan fingerprint density at radius 1 is 1.22 bits per heavy atom. The van der Waals surface area contributed by atoms with E-state index < -0.39 is 5.41 Å². The molecule has 0 bridgehead atoms. The summed E-state index contributed by atoms with van der Waals surface area (Å²) in [5.41, 5.74) is 6.15. The summed E-state index contributed by atoms with van der Waals surface area (Å²) in [6.07, 6.45) is 3.02. The van der Waals surface area contributed by atoms with Crippen LogP contribution < -0.4 is 10.3 Å². The van der Waals surface area contributed by atoms with Gasteiger partial charge in [-0.15, -0.1) is 0 Å². The molecule has 0 spiro atoms. The van der Waals surface area contributed by atoms with E-state index in [1.165, 1.54) is 0 Å². The van der Waals surface area contributed by atoms with Gasteiger partial charge in [-0.1, -0.05) is 12.5 Å². The number of hydrogen-bond acceptors (Lipinski definition) is 3. The molecule has 0 saturated heterocycles. The van der Waals surface area contributed by atoms with Crippen molar-refractivity contribution in [3.8, 4) is 0 Å². The molecule has 5 heteroatoms. The number of amides is 2. The number of anilines is 1. The number of nitrogens with one attached hydrogen (secondary N) is 1. The van der Waals surface area contributed by atoms with Crippen LogP contribution in [-0.4, -0.2) is 24.6 Å². The molecule has 3 aliphatic rings. The lowest BCUT2D eigenvalue weighted by atomic mass is 9.82. The summed E-state index contributed by atoms with van der Waals surface area (Å²) in [6.45, 7) is 3.93. The number of fused-ring (bicyclic) bond motifs is 2. The van der Waals surface area contributed by atoms with Gasteiger partial charge >= 0.3 is 0 Å². The fourth-order valence-corrected chi connectivity index (χ4v) is 4.29. The zero-order valence-corrected chi connectivity index (χ0v) is 13.7. The van der Waals surface area contributed by atoms with Crippen LogP contribution in [0.4, 0.5) is 5.69 Å². The van der Waals surface area contributed by atoms with Crippen LogP contribution in [0.25, 0.3) is 0 Å². The highest BCUT2D eigenvalue weighted by Crippen LogP contribution is 2.43. The fraction of sp³-hybridized carbons (Fsp3) is 0.500. The molecule has 2 atom stereocenters. The number of benzene rings is 1. The number of nitrogens with zero attached hydrogens (tertiary/aromatic N) is 2. The highest BCUT2D eigenvalue weighted by atomic mass is 16.2. The van der Waals surface area contributed by atoms with Crippen LogP contribution in [0, 0.1) is 11.8 Å². The highest BCUT2D eigenvalue weighted by Gasteiger charge is 2.44. The Morgan fingerprint density at radius 2 is 1.96 bits per heavy atom. The van der Waals surface area contributed by atoms with Gasteiger partial charge in [-0.3, -0.25) is 9.59 Å². The first-order chi connectivity index (χ1) is 10.9. The fourth-order valence-electron chi connectivity index (χ4n) is 4.29. The van der Waals surface area contributed by atoms with Crippen molar-refractivity contribution in [1.29, 1.82) is 0 Å². The molecule has 0 aromatic heterocycles. The van der Waals surface area contributed by atoms with Gasteiger partial charge in [-0.05, 0) is 49.9 Å². The smallest absolute Gasteiger partial charge is 0.243 e. The van der Waals surface area contributed by atoms with Gasteiger partial charge in [0, 0.05) is 24.6 Å². The molecule has 2 unspecified atom stereocenters. The van der Waals surface area contributed by atoms with Gasteiger partial charge in [0.15, 0.2) is 0 Å². The first-order valence-electron chi connectivity index (χ1n) is 8.22. The third-order valence-corrected chi connectivity index (χ3v) is 5.66. The van der Waals surface area contributed by atoms with Crippen molar-refractivity contribution in [1.82, 2.24) is 5.43 Å². The minimum Gasteiger partial charge on any atom is -0.314 e. The van der Waals surface area contributed by atoms with E-state index in [1.807, 2.05) is 33.0 Å². The lowest BCUT2D eigenvalue weighted by Crippen LogP contribution is -2.39. The van der Waals surface area contributed by atoms with Crippen molar-refractivity contribution in [2.75, 3.05) is 11.9 Å². The largest absolute Gasteiger partial charge is 0.314 e. The van der Waals surface area contributed by atoms with E-state index >= 15 is 0 Å². The van der Waals surface area contributed by atoms with Crippen molar-refractivity contribution >= 4 is 23.2 Å². The molecular formula is C18H21N3O2. The summed E-state index contributed by atoms with van der Waals surface area (Å²) in [6, 6.07) is 6.11. The molecule has 1 aromatic carbocycles. The average molecular weight is 311 g/mol. The minimum absolute atomic E-state index is 0.0488. The average Bonchev–Trinajstić information content (AvgIpc) is 3.09. The Bertz CT molecular complexity index is 751. The van der Waals surface area contributed by atoms with Gasteiger partial charge in [0.2, 0.25) is 11.8 Å². The molecule has 2 amide bonds. The standard InChI is InChI=1S/C18H21N3O2/c1-18(2)13-9-10(7-8-14(13)21(3)17(18)23)15-11-5-4-6-12(11)16(22)20-19-15/h7-9,11-12H,4-6H2,1-3H3,(H,20,22). The number of hydrogen-bond donors (Lipinski definition) is 1. The maximum absolute atomic E-state index is 12.4. The molecule has 23 heavy (non-hydrogen) atoms. The molecule has 2 heterocycles. The Balaban J connectivity index is 1.79. The van der Waals surface area contributed by atoms with Crippen LogP contribution in [0.1, 0.15) is 44.2 Å².